The number of nitro groups is 1. The molecule has 13 heteroatoms. The fourth-order valence-electron chi connectivity index (χ4n) is 2.83. The van der Waals surface area contributed by atoms with E-state index in [0.717, 1.165) is 17.3 Å². The van der Waals surface area contributed by atoms with Crippen LogP contribution in [0.4, 0.5) is 5.69 Å². The first-order valence-corrected chi connectivity index (χ1v) is 12.2. The van der Waals surface area contributed by atoms with Crippen LogP contribution in [0.5, 0.6) is 0 Å². The number of benzene rings is 1. The van der Waals surface area contributed by atoms with Crippen molar-refractivity contribution in [3.63, 3.8) is 0 Å². The van der Waals surface area contributed by atoms with Gasteiger partial charge in [-0.15, -0.1) is 11.8 Å². The van der Waals surface area contributed by atoms with Gasteiger partial charge in [-0.3, -0.25) is 14.9 Å². The number of hydrogen-bond donors (Lipinski definition) is 2. The van der Waals surface area contributed by atoms with E-state index in [9.17, 15) is 23.3 Å². The fourth-order valence-corrected chi connectivity index (χ4v) is 5.05. The molecule has 0 radical (unpaired) electrons. The average molecular weight is 492 g/mol. The Bertz CT molecular complexity index is 1260. The minimum absolute atomic E-state index is 0.00978. The highest BCUT2D eigenvalue weighted by Crippen LogP contribution is 2.27. The topological polar surface area (TPSA) is 157 Å². The van der Waals surface area contributed by atoms with Crippen molar-refractivity contribution in [3.05, 3.63) is 75.3 Å². The van der Waals surface area contributed by atoms with E-state index in [1.807, 2.05) is 13.8 Å². The molecule has 3 rings (SSSR count). The molecule has 0 spiro atoms. The summed E-state index contributed by atoms with van der Waals surface area (Å²) in [4.78, 5) is 26.9. The first-order chi connectivity index (χ1) is 15.7. The lowest BCUT2D eigenvalue weighted by Crippen LogP contribution is -2.35. The lowest BCUT2D eigenvalue weighted by Gasteiger charge is -2.10. The van der Waals surface area contributed by atoms with E-state index >= 15 is 0 Å². The third kappa shape index (κ3) is 6.15. The van der Waals surface area contributed by atoms with Gasteiger partial charge in [0.2, 0.25) is 10.0 Å². The number of aryl methyl sites for hydroxylation is 2. The number of thioether (sulfide) groups is 1. The van der Waals surface area contributed by atoms with Gasteiger partial charge in [0.15, 0.2) is 0 Å². The number of hydrogen-bond acceptors (Lipinski definition) is 9. The first kappa shape index (κ1) is 24.4. The molecule has 0 unspecified atom stereocenters. The van der Waals surface area contributed by atoms with E-state index in [-0.39, 0.29) is 23.7 Å². The molecule has 1 aromatic carbocycles. The summed E-state index contributed by atoms with van der Waals surface area (Å²) in [7, 11) is -3.97. The van der Waals surface area contributed by atoms with Gasteiger partial charge in [0, 0.05) is 42.7 Å². The van der Waals surface area contributed by atoms with Gasteiger partial charge >= 0.3 is 0 Å². The van der Waals surface area contributed by atoms with E-state index in [1.54, 1.807) is 18.3 Å². The maximum Gasteiger partial charge on any atom is 0.270 e. The first-order valence-electron chi connectivity index (χ1n) is 9.71. The third-order valence-electron chi connectivity index (χ3n) is 4.59. The minimum Gasteiger partial charge on any atom is -0.361 e. The quantitative estimate of drug-likeness (QED) is 0.188. The Hall–Kier alpha value is -3.29. The zero-order valence-electron chi connectivity index (χ0n) is 17.8. The van der Waals surface area contributed by atoms with Gasteiger partial charge in [-0.05, 0) is 32.0 Å². The number of sulfonamides is 1. The lowest BCUT2D eigenvalue weighted by atomic mass is 10.2. The summed E-state index contributed by atoms with van der Waals surface area (Å²) in [6.45, 7) is 3.57. The SMILES string of the molecule is Cc1noc(C)c1CSc1ncccc1C(=O)NCCNS(=O)(=O)c1cccc([N+](=O)[O-])c1. The molecule has 2 heterocycles. The molecule has 0 bridgehead atoms. The van der Waals surface area contributed by atoms with Gasteiger partial charge < -0.3 is 9.84 Å². The smallest absolute Gasteiger partial charge is 0.270 e. The van der Waals surface area contributed by atoms with E-state index in [2.05, 4.69) is 20.2 Å². The highest BCUT2D eigenvalue weighted by molar-refractivity contribution is 7.98. The van der Waals surface area contributed by atoms with E-state index < -0.39 is 20.9 Å². The molecule has 1 amide bonds. The van der Waals surface area contributed by atoms with Crippen LogP contribution in [-0.2, 0) is 15.8 Å². The lowest BCUT2D eigenvalue weighted by molar-refractivity contribution is -0.385. The van der Waals surface area contributed by atoms with Crippen molar-refractivity contribution in [1.82, 2.24) is 20.2 Å². The Morgan fingerprint density at radius 1 is 1.21 bits per heavy atom. The van der Waals surface area contributed by atoms with Crippen molar-refractivity contribution in [2.75, 3.05) is 13.1 Å². The van der Waals surface area contributed by atoms with Crippen LogP contribution >= 0.6 is 11.8 Å². The summed E-state index contributed by atoms with van der Waals surface area (Å²) < 4.78 is 32.2. The predicted molar refractivity (Wildman–Crippen MR) is 120 cm³/mol. The molecule has 2 N–H and O–H groups in total. The van der Waals surface area contributed by atoms with Crippen molar-refractivity contribution < 1.29 is 22.7 Å². The largest absolute Gasteiger partial charge is 0.361 e. The molecule has 0 saturated carbocycles. The number of carbonyl (C=O) groups excluding carboxylic acids is 1. The molecule has 11 nitrogen and oxygen atoms in total. The molecule has 0 aliphatic rings. The number of nitrogens with one attached hydrogen (secondary N) is 2. The van der Waals surface area contributed by atoms with Crippen LogP contribution < -0.4 is 10.0 Å². The van der Waals surface area contributed by atoms with Gasteiger partial charge in [0.1, 0.15) is 10.8 Å². The molecule has 0 fully saturated rings. The molecular formula is C20H21N5O6S2. The predicted octanol–water partition coefficient (Wildman–Crippen LogP) is 2.60. The van der Waals surface area contributed by atoms with Crippen molar-refractivity contribution in [1.29, 1.82) is 0 Å². The molecule has 3 aromatic rings. The van der Waals surface area contributed by atoms with E-state index in [0.29, 0.717) is 22.1 Å². The number of nitrogens with zero attached hydrogens (tertiary/aromatic N) is 3. The summed E-state index contributed by atoms with van der Waals surface area (Å²) in [6.07, 6.45) is 1.58. The van der Waals surface area contributed by atoms with Crippen LogP contribution in [-0.4, -0.2) is 42.5 Å². The molecular weight excluding hydrogens is 470 g/mol. The molecule has 0 atom stereocenters. The average Bonchev–Trinajstić information content (AvgIpc) is 3.12. The van der Waals surface area contributed by atoms with Gasteiger partial charge in [-0.1, -0.05) is 11.2 Å². The zero-order chi connectivity index (χ0) is 24.0. The van der Waals surface area contributed by atoms with Crippen LogP contribution in [0.1, 0.15) is 27.4 Å². The number of nitro benzene ring substituents is 1. The van der Waals surface area contributed by atoms with Crippen molar-refractivity contribution in [2.24, 2.45) is 0 Å². The summed E-state index contributed by atoms with van der Waals surface area (Å²) in [5.41, 5.74) is 1.74. The standard InChI is InChI=1S/C20H21N5O6S2/c1-13-18(14(2)31-24-13)12-32-20-17(7-4-8-22-20)19(26)21-9-10-23-33(29,30)16-6-3-5-15(11-16)25(27)28/h3-8,11,23H,9-10,12H2,1-2H3,(H,21,26). The number of amides is 1. The molecule has 0 aliphatic heterocycles. The highest BCUT2D eigenvalue weighted by Gasteiger charge is 2.18. The number of carbonyl (C=O) groups is 1. The second-order valence-corrected chi connectivity index (χ2v) is 9.59. The van der Waals surface area contributed by atoms with E-state index in [4.69, 9.17) is 4.52 Å². The molecule has 0 saturated heterocycles. The molecule has 174 valence electrons. The fraction of sp³-hybridized carbons (Fsp3) is 0.250. The van der Waals surface area contributed by atoms with Crippen LogP contribution in [0.15, 0.2) is 57.0 Å². The number of pyridine rings is 1. The Kier molecular flexibility index (Phi) is 7.79. The van der Waals surface area contributed by atoms with Gasteiger partial charge in [-0.2, -0.15) is 0 Å². The van der Waals surface area contributed by atoms with Crippen LogP contribution in [0, 0.1) is 24.0 Å². The van der Waals surface area contributed by atoms with E-state index in [1.165, 1.54) is 30.0 Å². The monoisotopic (exact) mass is 491 g/mol. The number of non-ortho nitro benzene ring substituents is 1. The zero-order valence-corrected chi connectivity index (χ0v) is 19.4. The van der Waals surface area contributed by atoms with Crippen LogP contribution in [0.25, 0.3) is 0 Å². The summed E-state index contributed by atoms with van der Waals surface area (Å²) in [6, 6.07) is 7.99. The summed E-state index contributed by atoms with van der Waals surface area (Å²) in [5, 5.41) is 17.9. The maximum absolute atomic E-state index is 12.6. The summed E-state index contributed by atoms with van der Waals surface area (Å²) in [5.74, 6) is 0.832. The molecule has 33 heavy (non-hydrogen) atoms. The second kappa shape index (κ2) is 10.6. The normalized spacial score (nSPS) is 11.3. The number of aromatic nitrogens is 2. The van der Waals surface area contributed by atoms with Crippen molar-refractivity contribution >= 4 is 33.4 Å². The van der Waals surface area contributed by atoms with Crippen LogP contribution in [0.3, 0.4) is 0 Å². The molecule has 2 aromatic heterocycles. The van der Waals surface area contributed by atoms with Crippen molar-refractivity contribution in [3.8, 4) is 0 Å². The Labute approximate surface area is 194 Å². The number of rotatable bonds is 10. The Morgan fingerprint density at radius 3 is 2.70 bits per heavy atom. The Balaban J connectivity index is 1.57. The molecule has 0 aliphatic carbocycles. The Morgan fingerprint density at radius 2 is 2.00 bits per heavy atom. The van der Waals surface area contributed by atoms with Crippen molar-refractivity contribution in [2.45, 2.75) is 29.5 Å². The minimum atomic E-state index is -3.97. The maximum atomic E-state index is 12.6. The third-order valence-corrected chi connectivity index (χ3v) is 7.08. The second-order valence-electron chi connectivity index (χ2n) is 6.86. The summed E-state index contributed by atoms with van der Waals surface area (Å²) >= 11 is 1.37. The highest BCUT2D eigenvalue weighted by atomic mass is 32.2. The van der Waals surface area contributed by atoms with Crippen LogP contribution in [0.2, 0.25) is 0 Å². The van der Waals surface area contributed by atoms with Gasteiger partial charge in [0.25, 0.3) is 11.6 Å². The van der Waals surface area contributed by atoms with Gasteiger partial charge in [-0.25, -0.2) is 18.1 Å². The van der Waals surface area contributed by atoms with Gasteiger partial charge in [0.05, 0.1) is 21.1 Å².